The Morgan fingerprint density at radius 2 is 1.88 bits per heavy atom. The number of amides is 1. The van der Waals surface area contributed by atoms with Crippen molar-refractivity contribution in [2.24, 2.45) is 5.92 Å². The van der Waals surface area contributed by atoms with Crippen molar-refractivity contribution in [3.05, 3.63) is 65.7 Å². The summed E-state index contributed by atoms with van der Waals surface area (Å²) in [7, 11) is 2.16. The summed E-state index contributed by atoms with van der Waals surface area (Å²) in [6.07, 6.45) is 2.48. The highest BCUT2D eigenvalue weighted by Gasteiger charge is 2.30. The third kappa shape index (κ3) is 4.40. The zero-order valence-corrected chi connectivity index (χ0v) is 14.7. The minimum absolute atomic E-state index is 0.0402. The molecule has 4 heteroatoms. The number of carbonyl (C=O) groups excluding carboxylic acids is 1. The first-order chi connectivity index (χ1) is 12.1. The fourth-order valence-electron chi connectivity index (χ4n) is 3.79. The van der Waals surface area contributed by atoms with Gasteiger partial charge in [-0.3, -0.25) is 9.69 Å². The molecule has 1 aliphatic heterocycles. The molecule has 0 radical (unpaired) electrons. The predicted octanol–water partition coefficient (Wildman–Crippen LogP) is 3.13. The molecule has 0 aliphatic carbocycles. The summed E-state index contributed by atoms with van der Waals surface area (Å²) < 4.78 is 0. The number of rotatable bonds is 5. The molecule has 1 amide bonds. The fraction of sp³-hybridized carbons (Fsp3) is 0.381. The molecule has 0 unspecified atom stereocenters. The molecular weight excluding hydrogens is 312 g/mol. The Labute approximate surface area is 149 Å². The van der Waals surface area contributed by atoms with Crippen LogP contribution in [0.1, 0.15) is 30.0 Å². The van der Waals surface area contributed by atoms with E-state index in [-0.39, 0.29) is 18.1 Å². The highest BCUT2D eigenvalue weighted by molar-refractivity contribution is 5.79. The van der Waals surface area contributed by atoms with Gasteiger partial charge in [0.25, 0.3) is 0 Å². The number of hydrogen-bond acceptors (Lipinski definition) is 3. The third-order valence-corrected chi connectivity index (χ3v) is 5.05. The van der Waals surface area contributed by atoms with Gasteiger partial charge in [-0.1, -0.05) is 48.5 Å². The summed E-state index contributed by atoms with van der Waals surface area (Å²) in [5.74, 6) is 0.535. The highest BCUT2D eigenvalue weighted by Crippen LogP contribution is 2.34. The molecule has 132 valence electrons. The number of phenols is 1. The van der Waals surface area contributed by atoms with E-state index in [4.69, 9.17) is 0 Å². The number of hydrogen-bond donors (Lipinski definition) is 2. The van der Waals surface area contributed by atoms with Gasteiger partial charge in [-0.2, -0.15) is 0 Å². The Morgan fingerprint density at radius 3 is 2.64 bits per heavy atom. The van der Waals surface area contributed by atoms with E-state index in [1.165, 1.54) is 5.56 Å². The SMILES string of the molecule is CN1CCC[C@@H](CNC(=O)Cc2ccccc2O)[C@H]1c1ccccc1. The van der Waals surface area contributed by atoms with Gasteiger partial charge in [0.1, 0.15) is 5.75 Å². The maximum atomic E-state index is 12.3. The van der Waals surface area contributed by atoms with Crippen LogP contribution in [0, 0.1) is 5.92 Å². The van der Waals surface area contributed by atoms with E-state index in [0.717, 1.165) is 19.4 Å². The largest absolute Gasteiger partial charge is 0.508 e. The van der Waals surface area contributed by atoms with Crippen LogP contribution in [0.15, 0.2) is 54.6 Å². The fourth-order valence-corrected chi connectivity index (χ4v) is 3.79. The number of benzene rings is 2. The van der Waals surface area contributed by atoms with E-state index < -0.39 is 0 Å². The van der Waals surface area contributed by atoms with Crippen LogP contribution < -0.4 is 5.32 Å². The van der Waals surface area contributed by atoms with Gasteiger partial charge >= 0.3 is 0 Å². The molecule has 2 aromatic carbocycles. The molecule has 0 aromatic heterocycles. The summed E-state index contributed by atoms with van der Waals surface area (Å²) in [6, 6.07) is 17.9. The van der Waals surface area contributed by atoms with E-state index >= 15 is 0 Å². The maximum absolute atomic E-state index is 12.3. The number of aromatic hydroxyl groups is 1. The zero-order valence-electron chi connectivity index (χ0n) is 14.7. The molecule has 1 saturated heterocycles. The number of nitrogens with one attached hydrogen (secondary N) is 1. The van der Waals surface area contributed by atoms with E-state index in [2.05, 4.69) is 41.5 Å². The summed E-state index contributed by atoms with van der Waals surface area (Å²) >= 11 is 0. The van der Waals surface area contributed by atoms with Crippen molar-refractivity contribution in [2.45, 2.75) is 25.3 Å². The van der Waals surface area contributed by atoms with Gasteiger partial charge in [0, 0.05) is 18.2 Å². The average molecular weight is 338 g/mol. The Balaban J connectivity index is 1.62. The molecule has 1 aliphatic rings. The monoisotopic (exact) mass is 338 g/mol. The standard InChI is InChI=1S/C21H26N2O2/c1-23-13-7-11-18(21(23)16-8-3-2-4-9-16)15-22-20(25)14-17-10-5-6-12-19(17)24/h2-6,8-10,12,18,21,24H,7,11,13-15H2,1H3,(H,22,25)/t18-,21+/m0/s1. The number of piperidine rings is 1. The van der Waals surface area contributed by atoms with Crippen molar-refractivity contribution in [1.29, 1.82) is 0 Å². The summed E-state index contributed by atoms with van der Waals surface area (Å²) in [5, 5.41) is 12.9. The number of likely N-dealkylation sites (tertiary alicyclic amines) is 1. The van der Waals surface area contributed by atoms with E-state index in [9.17, 15) is 9.90 Å². The van der Waals surface area contributed by atoms with Gasteiger partial charge in [-0.05, 0) is 44.0 Å². The summed E-state index contributed by atoms with van der Waals surface area (Å²) in [6.45, 7) is 1.75. The maximum Gasteiger partial charge on any atom is 0.224 e. The van der Waals surface area contributed by atoms with Gasteiger partial charge < -0.3 is 10.4 Å². The van der Waals surface area contributed by atoms with Crippen LogP contribution in [0.3, 0.4) is 0 Å². The van der Waals surface area contributed by atoms with E-state index in [1.807, 2.05) is 12.1 Å². The predicted molar refractivity (Wildman–Crippen MR) is 99.4 cm³/mol. The lowest BCUT2D eigenvalue weighted by molar-refractivity contribution is -0.120. The molecule has 2 atom stereocenters. The minimum Gasteiger partial charge on any atom is -0.508 e. The van der Waals surface area contributed by atoms with Crippen LogP contribution in [0.2, 0.25) is 0 Å². The summed E-state index contributed by atoms with van der Waals surface area (Å²) in [5.41, 5.74) is 1.98. The lowest BCUT2D eigenvalue weighted by atomic mass is 9.85. The van der Waals surface area contributed by atoms with Gasteiger partial charge in [0.15, 0.2) is 0 Å². The van der Waals surface area contributed by atoms with Gasteiger partial charge in [-0.25, -0.2) is 0 Å². The molecule has 3 rings (SSSR count). The molecule has 2 aromatic rings. The number of nitrogens with zero attached hydrogens (tertiary/aromatic N) is 1. The second-order valence-electron chi connectivity index (χ2n) is 6.85. The molecule has 25 heavy (non-hydrogen) atoms. The van der Waals surface area contributed by atoms with Gasteiger partial charge in [0.2, 0.25) is 5.91 Å². The highest BCUT2D eigenvalue weighted by atomic mass is 16.3. The first kappa shape index (κ1) is 17.5. The molecule has 2 N–H and O–H groups in total. The molecule has 0 spiro atoms. The van der Waals surface area contributed by atoms with E-state index in [0.29, 0.717) is 24.1 Å². The molecule has 1 heterocycles. The lowest BCUT2D eigenvalue weighted by Gasteiger charge is -2.39. The smallest absolute Gasteiger partial charge is 0.224 e. The average Bonchev–Trinajstić information content (AvgIpc) is 2.63. The first-order valence-corrected chi connectivity index (χ1v) is 8.94. The Morgan fingerprint density at radius 1 is 1.16 bits per heavy atom. The second kappa shape index (κ2) is 8.17. The van der Waals surface area contributed by atoms with Crippen molar-refractivity contribution in [1.82, 2.24) is 10.2 Å². The Hall–Kier alpha value is -2.33. The van der Waals surface area contributed by atoms with Crippen molar-refractivity contribution in [3.63, 3.8) is 0 Å². The molecular formula is C21H26N2O2. The number of carbonyl (C=O) groups is 1. The summed E-state index contributed by atoms with van der Waals surface area (Å²) in [4.78, 5) is 14.7. The molecule has 0 bridgehead atoms. The second-order valence-corrected chi connectivity index (χ2v) is 6.85. The van der Waals surface area contributed by atoms with Crippen LogP contribution in [0.25, 0.3) is 0 Å². The lowest BCUT2D eigenvalue weighted by Crippen LogP contribution is -2.42. The molecule has 1 fully saturated rings. The van der Waals surface area contributed by atoms with Gasteiger partial charge in [-0.15, -0.1) is 0 Å². The Bertz CT molecular complexity index is 702. The molecule has 4 nitrogen and oxygen atoms in total. The van der Waals surface area contributed by atoms with Gasteiger partial charge in [0.05, 0.1) is 6.42 Å². The van der Waals surface area contributed by atoms with E-state index in [1.54, 1.807) is 18.2 Å². The van der Waals surface area contributed by atoms with Crippen molar-refractivity contribution in [2.75, 3.05) is 20.1 Å². The third-order valence-electron chi connectivity index (χ3n) is 5.05. The van der Waals surface area contributed by atoms with Crippen molar-refractivity contribution < 1.29 is 9.90 Å². The normalized spacial score (nSPS) is 21.0. The minimum atomic E-state index is -0.0402. The quantitative estimate of drug-likeness (QED) is 0.881. The van der Waals surface area contributed by atoms with Crippen LogP contribution >= 0.6 is 0 Å². The van der Waals surface area contributed by atoms with Crippen LogP contribution in [0.5, 0.6) is 5.75 Å². The van der Waals surface area contributed by atoms with Crippen LogP contribution in [-0.4, -0.2) is 36.1 Å². The number of para-hydroxylation sites is 1. The van der Waals surface area contributed by atoms with Crippen LogP contribution in [-0.2, 0) is 11.2 Å². The topological polar surface area (TPSA) is 52.6 Å². The number of phenolic OH excluding ortho intramolecular Hbond substituents is 1. The van der Waals surface area contributed by atoms with Crippen LogP contribution in [0.4, 0.5) is 0 Å². The molecule has 0 saturated carbocycles. The van der Waals surface area contributed by atoms with Crippen molar-refractivity contribution >= 4 is 5.91 Å². The first-order valence-electron chi connectivity index (χ1n) is 8.94. The zero-order chi connectivity index (χ0) is 17.6. The van der Waals surface area contributed by atoms with Crippen molar-refractivity contribution in [3.8, 4) is 5.75 Å². The Kier molecular flexibility index (Phi) is 5.71.